The zero-order chi connectivity index (χ0) is 21.3. The van der Waals surface area contributed by atoms with Crippen LogP contribution < -0.4 is 10.3 Å². The normalized spacial score (nSPS) is 13.0. The third kappa shape index (κ3) is 3.46. The molecular weight excluding hydrogens is 391 g/mol. The molecule has 0 saturated heterocycles. The number of benzene rings is 1. The number of rotatable bonds is 5. The first-order valence-electron chi connectivity index (χ1n) is 9.48. The van der Waals surface area contributed by atoms with Gasteiger partial charge in [0.2, 0.25) is 0 Å². The van der Waals surface area contributed by atoms with Gasteiger partial charge >= 0.3 is 0 Å². The van der Waals surface area contributed by atoms with Crippen LogP contribution in [0.15, 0.2) is 27.5 Å². The van der Waals surface area contributed by atoms with Gasteiger partial charge in [0.1, 0.15) is 17.6 Å². The van der Waals surface area contributed by atoms with Gasteiger partial charge in [-0.1, -0.05) is 12.1 Å². The average Bonchev–Trinajstić information content (AvgIpc) is 3.23. The highest BCUT2D eigenvalue weighted by molar-refractivity contribution is 5.68. The molecule has 0 atom stereocenters. The van der Waals surface area contributed by atoms with E-state index in [1.54, 1.807) is 10.6 Å². The van der Waals surface area contributed by atoms with Crippen LogP contribution in [0.1, 0.15) is 35.3 Å². The van der Waals surface area contributed by atoms with Crippen LogP contribution in [0.5, 0.6) is 5.75 Å². The molecule has 0 N–H and O–H groups in total. The first kappa shape index (κ1) is 19.8. The van der Waals surface area contributed by atoms with E-state index in [9.17, 15) is 14.4 Å². The second-order valence-corrected chi connectivity index (χ2v) is 6.83. The molecule has 154 valence electrons. The van der Waals surface area contributed by atoms with Gasteiger partial charge in [0.15, 0.2) is 17.3 Å². The number of nitriles is 1. The summed E-state index contributed by atoms with van der Waals surface area (Å²) in [5.74, 6) is 0.288. The Hall–Kier alpha value is -3.51. The van der Waals surface area contributed by atoms with Gasteiger partial charge in [-0.25, -0.2) is 9.37 Å². The number of hydrogen-bond acceptors (Lipinski definition) is 7. The summed E-state index contributed by atoms with van der Waals surface area (Å²) in [6.45, 7) is 2.89. The number of ether oxygens (including phenoxy) is 2. The van der Waals surface area contributed by atoms with Crippen molar-refractivity contribution in [2.45, 2.75) is 32.9 Å². The molecule has 0 unspecified atom stereocenters. The lowest BCUT2D eigenvalue weighted by Gasteiger charge is -2.19. The van der Waals surface area contributed by atoms with Crippen molar-refractivity contribution in [2.75, 3.05) is 13.7 Å². The van der Waals surface area contributed by atoms with Gasteiger partial charge in [0.25, 0.3) is 5.56 Å². The zero-order valence-electron chi connectivity index (χ0n) is 16.6. The summed E-state index contributed by atoms with van der Waals surface area (Å²) in [5.41, 5.74) is 2.13. The van der Waals surface area contributed by atoms with Gasteiger partial charge in [-0.3, -0.25) is 9.36 Å². The molecule has 0 saturated carbocycles. The number of nitrogens with zero attached hydrogens (tertiary/aromatic N) is 4. The molecule has 0 fully saturated rings. The predicted octanol–water partition coefficient (Wildman–Crippen LogP) is 2.60. The topological polar surface area (TPSA) is 103 Å². The van der Waals surface area contributed by atoms with Crippen molar-refractivity contribution >= 4 is 0 Å². The van der Waals surface area contributed by atoms with Crippen molar-refractivity contribution in [2.24, 2.45) is 0 Å². The van der Waals surface area contributed by atoms with Crippen molar-refractivity contribution < 1.29 is 18.4 Å². The SMILES string of the molecule is CCc1nc2c(c(=O)n1Cc1cc(-c3cc(OC)c(F)cc3C#N)on1)COCC2. The lowest BCUT2D eigenvalue weighted by atomic mass is 10.0. The van der Waals surface area contributed by atoms with Crippen LogP contribution in [0.3, 0.4) is 0 Å². The Kier molecular flexibility index (Phi) is 5.33. The van der Waals surface area contributed by atoms with E-state index in [0.717, 1.165) is 11.8 Å². The minimum atomic E-state index is -0.640. The van der Waals surface area contributed by atoms with Gasteiger partial charge in [0, 0.05) is 24.5 Å². The van der Waals surface area contributed by atoms with Crippen molar-refractivity contribution in [3.63, 3.8) is 0 Å². The lowest BCUT2D eigenvalue weighted by Crippen LogP contribution is -2.33. The van der Waals surface area contributed by atoms with Gasteiger partial charge in [-0.15, -0.1) is 0 Å². The summed E-state index contributed by atoms with van der Waals surface area (Å²) >= 11 is 0. The number of halogens is 1. The number of hydrogen-bond donors (Lipinski definition) is 0. The fourth-order valence-corrected chi connectivity index (χ4v) is 3.50. The van der Waals surface area contributed by atoms with E-state index in [1.165, 1.54) is 13.2 Å². The Labute approximate surface area is 171 Å². The van der Waals surface area contributed by atoms with Gasteiger partial charge < -0.3 is 14.0 Å². The molecule has 1 aliphatic heterocycles. The molecule has 0 spiro atoms. The largest absolute Gasteiger partial charge is 0.494 e. The smallest absolute Gasteiger partial charge is 0.259 e. The van der Waals surface area contributed by atoms with E-state index in [-0.39, 0.29) is 35.8 Å². The maximum atomic E-state index is 13.9. The standard InChI is InChI=1S/C21H19FN4O4/c1-3-20-24-17-4-5-29-11-15(17)21(27)26(20)10-13-7-18(30-25-13)14-8-19(28-2)16(22)6-12(14)9-23/h6-8H,3-5,10-11H2,1-2H3. The van der Waals surface area contributed by atoms with E-state index in [1.807, 2.05) is 13.0 Å². The monoisotopic (exact) mass is 410 g/mol. The zero-order valence-corrected chi connectivity index (χ0v) is 16.6. The molecule has 8 nitrogen and oxygen atoms in total. The van der Waals surface area contributed by atoms with E-state index in [2.05, 4.69) is 10.1 Å². The number of aryl methyl sites for hydroxylation is 1. The number of methoxy groups -OCH3 is 1. The minimum absolute atomic E-state index is 0.00896. The molecule has 3 heterocycles. The van der Waals surface area contributed by atoms with Gasteiger partial charge in [-0.2, -0.15) is 5.26 Å². The third-order valence-electron chi connectivity index (χ3n) is 5.03. The summed E-state index contributed by atoms with van der Waals surface area (Å²) in [6, 6.07) is 6.04. The van der Waals surface area contributed by atoms with Crippen LogP contribution >= 0.6 is 0 Å². The first-order valence-corrected chi connectivity index (χ1v) is 9.48. The van der Waals surface area contributed by atoms with Crippen LogP contribution in [0.2, 0.25) is 0 Å². The van der Waals surface area contributed by atoms with Crippen LogP contribution in [-0.2, 0) is 30.7 Å². The Bertz CT molecular complexity index is 1210. The fourth-order valence-electron chi connectivity index (χ4n) is 3.50. The molecule has 30 heavy (non-hydrogen) atoms. The van der Waals surface area contributed by atoms with Crippen molar-refractivity contribution in [1.29, 1.82) is 5.26 Å². The van der Waals surface area contributed by atoms with Crippen LogP contribution in [0.4, 0.5) is 4.39 Å². The van der Waals surface area contributed by atoms with E-state index >= 15 is 0 Å². The molecule has 1 aromatic carbocycles. The predicted molar refractivity (Wildman–Crippen MR) is 104 cm³/mol. The quantitative estimate of drug-likeness (QED) is 0.637. The molecule has 3 aromatic rings. The molecular formula is C21H19FN4O4. The summed E-state index contributed by atoms with van der Waals surface area (Å²) in [6.07, 6.45) is 1.21. The molecule has 0 radical (unpaired) electrons. The maximum absolute atomic E-state index is 13.9. The summed E-state index contributed by atoms with van der Waals surface area (Å²) in [5, 5.41) is 13.4. The summed E-state index contributed by atoms with van der Waals surface area (Å²) in [4.78, 5) is 17.6. The Morgan fingerprint density at radius 1 is 1.37 bits per heavy atom. The Balaban J connectivity index is 1.72. The van der Waals surface area contributed by atoms with Crippen LogP contribution in [0.25, 0.3) is 11.3 Å². The highest BCUT2D eigenvalue weighted by atomic mass is 19.1. The Morgan fingerprint density at radius 2 is 2.20 bits per heavy atom. The average molecular weight is 410 g/mol. The highest BCUT2D eigenvalue weighted by Gasteiger charge is 2.21. The van der Waals surface area contributed by atoms with Crippen molar-refractivity contribution in [1.82, 2.24) is 14.7 Å². The van der Waals surface area contributed by atoms with Crippen LogP contribution in [-0.4, -0.2) is 28.4 Å². The fraction of sp³-hybridized carbons (Fsp3) is 0.333. The summed E-state index contributed by atoms with van der Waals surface area (Å²) in [7, 11) is 1.34. The van der Waals surface area contributed by atoms with Gasteiger partial charge in [0.05, 0.1) is 43.7 Å². The minimum Gasteiger partial charge on any atom is -0.494 e. The molecule has 0 amide bonds. The molecule has 0 aliphatic carbocycles. The highest BCUT2D eigenvalue weighted by Crippen LogP contribution is 2.30. The molecule has 4 rings (SSSR count). The van der Waals surface area contributed by atoms with Crippen molar-refractivity contribution in [3.8, 4) is 23.1 Å². The molecule has 0 bridgehead atoms. The second-order valence-electron chi connectivity index (χ2n) is 6.83. The van der Waals surface area contributed by atoms with E-state index < -0.39 is 5.82 Å². The lowest BCUT2D eigenvalue weighted by molar-refractivity contribution is 0.107. The molecule has 9 heteroatoms. The summed E-state index contributed by atoms with van der Waals surface area (Å²) < 4.78 is 31.3. The van der Waals surface area contributed by atoms with Crippen LogP contribution in [0, 0.1) is 17.1 Å². The molecule has 2 aromatic heterocycles. The molecule has 1 aliphatic rings. The van der Waals surface area contributed by atoms with Crippen molar-refractivity contribution in [3.05, 3.63) is 62.7 Å². The number of aromatic nitrogens is 3. The van der Waals surface area contributed by atoms with Gasteiger partial charge in [-0.05, 0) is 12.1 Å². The maximum Gasteiger partial charge on any atom is 0.259 e. The number of fused-ring (bicyclic) bond motifs is 1. The van der Waals surface area contributed by atoms with E-state index in [4.69, 9.17) is 14.0 Å². The first-order chi connectivity index (χ1) is 14.5. The Morgan fingerprint density at radius 3 is 2.93 bits per heavy atom. The second kappa shape index (κ2) is 8.08. The van der Waals surface area contributed by atoms with E-state index in [0.29, 0.717) is 42.1 Å². The third-order valence-corrected chi connectivity index (χ3v) is 5.03.